The van der Waals surface area contributed by atoms with Gasteiger partial charge in [0.25, 0.3) is 5.91 Å². The molecule has 0 radical (unpaired) electrons. The lowest BCUT2D eigenvalue weighted by molar-refractivity contribution is -0.242. The number of halogens is 4. The van der Waals surface area contributed by atoms with Crippen LogP contribution < -0.4 is 5.32 Å². The van der Waals surface area contributed by atoms with Gasteiger partial charge in [-0.1, -0.05) is 23.4 Å². The highest BCUT2D eigenvalue weighted by Gasteiger charge is 2.55. The molecule has 2 N–H and O–H groups in total. The molecule has 2 aromatic rings. The van der Waals surface area contributed by atoms with Gasteiger partial charge in [0.1, 0.15) is 0 Å². The van der Waals surface area contributed by atoms with Crippen LogP contribution in [0.5, 0.6) is 0 Å². The second kappa shape index (κ2) is 9.06. The number of anilines is 1. The number of alkyl halides is 3. The molecule has 0 aliphatic rings. The van der Waals surface area contributed by atoms with Crippen molar-refractivity contribution in [1.29, 1.82) is 0 Å². The zero-order valence-electron chi connectivity index (χ0n) is 15.3. The molecule has 2 rings (SSSR count). The van der Waals surface area contributed by atoms with Gasteiger partial charge < -0.3 is 15.2 Å². The Morgan fingerprint density at radius 2 is 1.72 bits per heavy atom. The summed E-state index contributed by atoms with van der Waals surface area (Å²) in [7, 11) is 0. The van der Waals surface area contributed by atoms with Crippen molar-refractivity contribution in [3.05, 3.63) is 53.1 Å². The van der Waals surface area contributed by atoms with Gasteiger partial charge in [0.2, 0.25) is 5.60 Å². The number of nitrogens with one attached hydrogen (secondary N) is 1. The molecule has 156 valence electrons. The molecule has 0 heterocycles. The molecule has 0 fully saturated rings. The lowest BCUT2D eigenvalue weighted by Crippen LogP contribution is -2.52. The average Bonchev–Trinajstić information content (AvgIpc) is 2.63. The van der Waals surface area contributed by atoms with Gasteiger partial charge in [0, 0.05) is 9.79 Å². The van der Waals surface area contributed by atoms with Gasteiger partial charge in [-0.3, -0.25) is 4.79 Å². The first-order valence-corrected chi connectivity index (χ1v) is 9.50. The summed E-state index contributed by atoms with van der Waals surface area (Å²) in [5.74, 6) is -2.07. The number of carbonyl (C=O) groups excluding carboxylic acids is 2. The highest BCUT2D eigenvalue weighted by molar-refractivity contribution is 7.99. The van der Waals surface area contributed by atoms with E-state index in [1.807, 2.05) is 5.32 Å². The number of ether oxygens (including phenoxy) is 1. The molecular weight excluding hydrogens is 431 g/mol. The number of rotatable bonds is 6. The first-order chi connectivity index (χ1) is 13.5. The number of hydrogen-bond donors (Lipinski definition) is 2. The van der Waals surface area contributed by atoms with Gasteiger partial charge in [0.05, 0.1) is 22.9 Å². The SMILES string of the molecule is CCOC(=O)c1ccc(Sc2ccc(NC(=O)[C@@](C)(O)C(F)(F)F)c(Cl)c2)cc1. The number of carbonyl (C=O) groups is 2. The highest BCUT2D eigenvalue weighted by Crippen LogP contribution is 2.35. The topological polar surface area (TPSA) is 75.6 Å². The quantitative estimate of drug-likeness (QED) is 0.615. The van der Waals surface area contributed by atoms with Gasteiger partial charge in [-0.25, -0.2) is 4.79 Å². The second-order valence-corrected chi connectivity index (χ2v) is 7.57. The fourth-order valence-electron chi connectivity index (χ4n) is 2.04. The lowest BCUT2D eigenvalue weighted by Gasteiger charge is -2.25. The molecular formula is C19H17ClF3NO4S. The van der Waals surface area contributed by atoms with Crippen molar-refractivity contribution in [2.24, 2.45) is 0 Å². The molecule has 5 nitrogen and oxygen atoms in total. The van der Waals surface area contributed by atoms with Gasteiger partial charge in [-0.2, -0.15) is 13.2 Å². The van der Waals surface area contributed by atoms with E-state index in [1.54, 1.807) is 37.3 Å². The van der Waals surface area contributed by atoms with E-state index in [-0.39, 0.29) is 17.3 Å². The molecule has 0 spiro atoms. The van der Waals surface area contributed by atoms with Crippen molar-refractivity contribution in [3.63, 3.8) is 0 Å². The molecule has 1 atom stereocenters. The first-order valence-electron chi connectivity index (χ1n) is 8.31. The minimum absolute atomic E-state index is 0.00414. The van der Waals surface area contributed by atoms with E-state index in [1.165, 1.54) is 23.9 Å². The van der Waals surface area contributed by atoms with Gasteiger partial charge in [-0.05, 0) is 56.3 Å². The van der Waals surface area contributed by atoms with Gasteiger partial charge >= 0.3 is 12.1 Å². The predicted molar refractivity (Wildman–Crippen MR) is 103 cm³/mol. The number of benzene rings is 2. The summed E-state index contributed by atoms with van der Waals surface area (Å²) in [5, 5.41) is 11.4. The number of amides is 1. The van der Waals surface area contributed by atoms with Crippen molar-refractivity contribution in [1.82, 2.24) is 0 Å². The van der Waals surface area contributed by atoms with E-state index in [9.17, 15) is 27.9 Å². The maximum atomic E-state index is 12.7. The number of hydrogen-bond acceptors (Lipinski definition) is 5. The van der Waals surface area contributed by atoms with Crippen LogP contribution in [0.3, 0.4) is 0 Å². The zero-order valence-corrected chi connectivity index (χ0v) is 16.9. The minimum Gasteiger partial charge on any atom is -0.462 e. The molecule has 0 aliphatic carbocycles. The Bertz CT molecular complexity index is 901. The van der Waals surface area contributed by atoms with Crippen molar-refractivity contribution in [2.75, 3.05) is 11.9 Å². The Hall–Kier alpha value is -2.23. The van der Waals surface area contributed by atoms with Gasteiger partial charge in [-0.15, -0.1) is 0 Å². The fraction of sp³-hybridized carbons (Fsp3) is 0.263. The van der Waals surface area contributed by atoms with Crippen molar-refractivity contribution in [3.8, 4) is 0 Å². The standard InChI is InChI=1S/C19H17ClF3NO4S/c1-3-28-16(25)11-4-6-12(7-5-11)29-13-8-9-15(14(20)10-13)24-17(26)18(2,27)19(21,22)23/h4-10,27H,3H2,1-2H3,(H,24,26)/t18-/m1/s1. The molecule has 0 aliphatic heterocycles. The summed E-state index contributed by atoms with van der Waals surface area (Å²) in [6.45, 7) is 2.34. The summed E-state index contributed by atoms with van der Waals surface area (Å²) >= 11 is 7.35. The van der Waals surface area contributed by atoms with Crippen LogP contribution in [0.25, 0.3) is 0 Å². The molecule has 2 aromatic carbocycles. The van der Waals surface area contributed by atoms with Crippen LogP contribution in [0, 0.1) is 0 Å². The van der Waals surface area contributed by atoms with Crippen LogP contribution in [0.4, 0.5) is 18.9 Å². The van der Waals surface area contributed by atoms with E-state index >= 15 is 0 Å². The van der Waals surface area contributed by atoms with Crippen molar-refractivity contribution >= 4 is 40.9 Å². The lowest BCUT2D eigenvalue weighted by atomic mass is 10.1. The maximum absolute atomic E-state index is 12.7. The first kappa shape index (κ1) is 23.1. The summed E-state index contributed by atoms with van der Waals surface area (Å²) in [4.78, 5) is 24.8. The maximum Gasteiger partial charge on any atom is 0.426 e. The van der Waals surface area contributed by atoms with Crippen LogP contribution in [0.1, 0.15) is 24.2 Å². The van der Waals surface area contributed by atoms with Crippen LogP contribution in [0.15, 0.2) is 52.3 Å². The third kappa shape index (κ3) is 5.65. The molecule has 10 heteroatoms. The molecule has 0 bridgehead atoms. The van der Waals surface area contributed by atoms with Crippen LogP contribution in [0.2, 0.25) is 5.02 Å². The molecule has 0 unspecified atom stereocenters. The third-order valence-electron chi connectivity index (χ3n) is 3.78. The molecule has 29 heavy (non-hydrogen) atoms. The average molecular weight is 448 g/mol. The van der Waals surface area contributed by atoms with Crippen LogP contribution >= 0.6 is 23.4 Å². The summed E-state index contributed by atoms with van der Waals surface area (Å²) in [5.41, 5.74) is -3.21. The summed E-state index contributed by atoms with van der Waals surface area (Å²) in [6.07, 6.45) is -5.13. The van der Waals surface area contributed by atoms with E-state index in [4.69, 9.17) is 16.3 Å². The summed E-state index contributed by atoms with van der Waals surface area (Å²) < 4.78 is 43.1. The van der Waals surface area contributed by atoms with Crippen molar-refractivity contribution in [2.45, 2.75) is 35.4 Å². The Morgan fingerprint density at radius 1 is 1.14 bits per heavy atom. The highest BCUT2D eigenvalue weighted by atomic mass is 35.5. The minimum atomic E-state index is -5.13. The van der Waals surface area contributed by atoms with Crippen molar-refractivity contribution < 1.29 is 32.6 Å². The largest absolute Gasteiger partial charge is 0.462 e. The fourth-order valence-corrected chi connectivity index (χ4v) is 3.19. The number of aliphatic hydroxyl groups is 1. The van der Waals surface area contributed by atoms with Crippen LogP contribution in [-0.4, -0.2) is 35.4 Å². The summed E-state index contributed by atoms with van der Waals surface area (Å²) in [6, 6.07) is 11.0. The smallest absolute Gasteiger partial charge is 0.426 e. The molecule has 0 saturated carbocycles. The predicted octanol–water partition coefficient (Wildman–Crippen LogP) is 4.92. The van der Waals surface area contributed by atoms with E-state index in [0.29, 0.717) is 17.4 Å². The van der Waals surface area contributed by atoms with E-state index in [2.05, 4.69) is 0 Å². The Morgan fingerprint density at radius 3 is 2.24 bits per heavy atom. The monoisotopic (exact) mass is 447 g/mol. The molecule has 0 saturated heterocycles. The van der Waals surface area contributed by atoms with Gasteiger partial charge in [0.15, 0.2) is 0 Å². The van der Waals surface area contributed by atoms with E-state index in [0.717, 1.165) is 4.90 Å². The molecule has 1 amide bonds. The zero-order chi connectivity index (χ0) is 21.8. The Labute approximate surface area is 174 Å². The Balaban J connectivity index is 2.10. The van der Waals surface area contributed by atoms with Crippen LogP contribution in [-0.2, 0) is 9.53 Å². The Kier molecular flexibility index (Phi) is 7.20. The number of esters is 1. The third-order valence-corrected chi connectivity index (χ3v) is 5.09. The second-order valence-electron chi connectivity index (χ2n) is 6.01. The van der Waals surface area contributed by atoms with E-state index < -0.39 is 23.7 Å². The normalized spacial score (nSPS) is 13.5. The molecule has 0 aromatic heterocycles.